The zero-order chi connectivity index (χ0) is 16.6. The maximum Gasteiger partial charge on any atom is 0.318 e. The number of aryl methyl sites for hydroxylation is 1. The Kier molecular flexibility index (Phi) is 3.92. The first kappa shape index (κ1) is 15.7. The van der Waals surface area contributed by atoms with Gasteiger partial charge in [-0.25, -0.2) is 4.79 Å². The fourth-order valence-corrected chi connectivity index (χ4v) is 3.22. The molecule has 3 rings (SSSR count). The Hall–Kier alpha value is -2.23. The average Bonchev–Trinajstić information content (AvgIpc) is 2.93. The lowest BCUT2D eigenvalue weighted by atomic mass is 9.96. The van der Waals surface area contributed by atoms with Crippen LogP contribution in [0.5, 0.6) is 0 Å². The average molecular weight is 311 g/mol. The summed E-state index contributed by atoms with van der Waals surface area (Å²) >= 11 is 0. The summed E-state index contributed by atoms with van der Waals surface area (Å²) in [7, 11) is 0. The van der Waals surface area contributed by atoms with E-state index in [1.165, 1.54) is 16.8 Å². The van der Waals surface area contributed by atoms with E-state index in [1.807, 2.05) is 37.8 Å². The fourth-order valence-electron chi connectivity index (χ4n) is 3.22. The van der Waals surface area contributed by atoms with Gasteiger partial charge in [-0.1, -0.05) is 24.3 Å². The fraction of sp³-hybridized carbons (Fsp3) is 0.421. The molecule has 1 aliphatic heterocycles. The molecule has 0 radical (unpaired) electrons. The minimum atomic E-state index is -0.243. The number of rotatable bonds is 1. The highest BCUT2D eigenvalue weighted by molar-refractivity contribution is 5.76. The molecule has 1 N–H and O–H groups in total. The van der Waals surface area contributed by atoms with E-state index >= 15 is 0 Å². The van der Waals surface area contributed by atoms with Crippen LogP contribution in [0, 0.1) is 6.92 Å². The number of nitrogens with one attached hydrogen (secondary N) is 1. The molecule has 2 heterocycles. The molecule has 1 atom stereocenters. The lowest BCUT2D eigenvalue weighted by Crippen LogP contribution is -2.52. The van der Waals surface area contributed by atoms with Gasteiger partial charge in [0.25, 0.3) is 0 Å². The van der Waals surface area contributed by atoms with Crippen LogP contribution in [0.3, 0.4) is 0 Å². The zero-order valence-corrected chi connectivity index (χ0v) is 14.3. The molecule has 4 heteroatoms. The van der Waals surface area contributed by atoms with Crippen LogP contribution in [0.25, 0.3) is 0 Å². The van der Waals surface area contributed by atoms with Crippen molar-refractivity contribution < 1.29 is 4.79 Å². The monoisotopic (exact) mass is 311 g/mol. The summed E-state index contributed by atoms with van der Waals surface area (Å²) in [5.74, 6) is 0. The molecular formula is C19H25N3O. The highest BCUT2D eigenvalue weighted by Crippen LogP contribution is 2.34. The number of nitrogens with zero attached hydrogens (tertiary/aromatic N) is 2. The van der Waals surface area contributed by atoms with Crippen LogP contribution in [0.1, 0.15) is 43.6 Å². The Morgan fingerprint density at radius 3 is 2.57 bits per heavy atom. The summed E-state index contributed by atoms with van der Waals surface area (Å²) in [6, 6.07) is 12.5. The Morgan fingerprint density at radius 1 is 1.13 bits per heavy atom. The molecule has 0 saturated heterocycles. The summed E-state index contributed by atoms with van der Waals surface area (Å²) in [5.41, 5.74) is 3.33. The van der Waals surface area contributed by atoms with Gasteiger partial charge in [-0.3, -0.25) is 0 Å². The third-order valence-corrected chi connectivity index (χ3v) is 4.26. The SMILES string of the molecule is Cc1ccccc1[C@@H]1c2cccn2CCN1C(=O)NC(C)(C)C. The second-order valence-corrected chi connectivity index (χ2v) is 7.26. The largest absolute Gasteiger partial charge is 0.348 e. The number of amides is 2. The molecule has 0 bridgehead atoms. The summed E-state index contributed by atoms with van der Waals surface area (Å²) in [6.45, 7) is 9.70. The third-order valence-electron chi connectivity index (χ3n) is 4.26. The number of fused-ring (bicyclic) bond motifs is 1. The van der Waals surface area contributed by atoms with Crippen molar-refractivity contribution in [3.05, 3.63) is 59.4 Å². The zero-order valence-electron chi connectivity index (χ0n) is 14.3. The van der Waals surface area contributed by atoms with E-state index in [9.17, 15) is 4.79 Å². The molecule has 0 spiro atoms. The molecular weight excluding hydrogens is 286 g/mol. The van der Waals surface area contributed by atoms with E-state index in [0.29, 0.717) is 6.54 Å². The highest BCUT2D eigenvalue weighted by Gasteiger charge is 2.34. The standard InChI is InChI=1S/C19H25N3O/c1-14-8-5-6-9-15(14)17-16-10-7-11-21(16)12-13-22(17)18(23)20-19(2,3)4/h5-11,17H,12-13H2,1-4H3,(H,20,23)/t17-/m1/s1. The summed E-state index contributed by atoms with van der Waals surface area (Å²) < 4.78 is 2.25. The molecule has 4 nitrogen and oxygen atoms in total. The smallest absolute Gasteiger partial charge is 0.318 e. The van der Waals surface area contributed by atoms with Gasteiger partial charge in [-0.2, -0.15) is 0 Å². The number of urea groups is 1. The number of carbonyl (C=O) groups excluding carboxylic acids is 1. The van der Waals surface area contributed by atoms with Crippen LogP contribution >= 0.6 is 0 Å². The molecule has 0 fully saturated rings. The predicted octanol–water partition coefficient (Wildman–Crippen LogP) is 3.71. The van der Waals surface area contributed by atoms with Gasteiger partial charge in [-0.05, 0) is 51.0 Å². The molecule has 2 amide bonds. The van der Waals surface area contributed by atoms with Crippen molar-refractivity contribution in [3.8, 4) is 0 Å². The Morgan fingerprint density at radius 2 is 1.87 bits per heavy atom. The maximum absolute atomic E-state index is 12.8. The topological polar surface area (TPSA) is 37.3 Å². The first-order chi connectivity index (χ1) is 10.9. The normalized spacial score (nSPS) is 17.7. The minimum Gasteiger partial charge on any atom is -0.348 e. The Bertz CT molecular complexity index is 711. The number of carbonyl (C=O) groups is 1. The summed E-state index contributed by atoms with van der Waals surface area (Å²) in [5, 5.41) is 3.11. The summed E-state index contributed by atoms with van der Waals surface area (Å²) in [4.78, 5) is 14.8. The van der Waals surface area contributed by atoms with Gasteiger partial charge < -0.3 is 14.8 Å². The molecule has 2 aromatic rings. The second kappa shape index (κ2) is 5.76. The van der Waals surface area contributed by atoms with E-state index in [1.54, 1.807) is 0 Å². The minimum absolute atomic E-state index is 0.00166. The molecule has 1 aliphatic rings. The molecule has 122 valence electrons. The molecule has 0 unspecified atom stereocenters. The van der Waals surface area contributed by atoms with Crippen LogP contribution in [-0.2, 0) is 6.54 Å². The van der Waals surface area contributed by atoms with Gasteiger partial charge in [0.2, 0.25) is 0 Å². The second-order valence-electron chi connectivity index (χ2n) is 7.26. The van der Waals surface area contributed by atoms with Crippen molar-refractivity contribution in [2.45, 2.75) is 45.8 Å². The van der Waals surface area contributed by atoms with E-state index in [0.717, 1.165) is 6.54 Å². The lowest BCUT2D eigenvalue weighted by Gasteiger charge is -2.39. The van der Waals surface area contributed by atoms with Crippen molar-refractivity contribution in [2.75, 3.05) is 6.54 Å². The van der Waals surface area contributed by atoms with Gasteiger partial charge >= 0.3 is 6.03 Å². The van der Waals surface area contributed by atoms with Gasteiger partial charge in [0.15, 0.2) is 0 Å². The molecule has 1 aromatic carbocycles. The van der Waals surface area contributed by atoms with Crippen LogP contribution < -0.4 is 5.32 Å². The lowest BCUT2D eigenvalue weighted by molar-refractivity contribution is 0.160. The van der Waals surface area contributed by atoms with E-state index < -0.39 is 0 Å². The van der Waals surface area contributed by atoms with Crippen LogP contribution in [0.15, 0.2) is 42.6 Å². The summed E-state index contributed by atoms with van der Waals surface area (Å²) in [6.07, 6.45) is 2.10. The van der Waals surface area contributed by atoms with Gasteiger partial charge in [0.1, 0.15) is 0 Å². The van der Waals surface area contributed by atoms with Gasteiger partial charge in [0.05, 0.1) is 6.04 Å². The van der Waals surface area contributed by atoms with Crippen molar-refractivity contribution in [1.82, 2.24) is 14.8 Å². The first-order valence-electron chi connectivity index (χ1n) is 8.16. The van der Waals surface area contributed by atoms with E-state index in [2.05, 4.69) is 47.3 Å². The third kappa shape index (κ3) is 3.11. The first-order valence-corrected chi connectivity index (χ1v) is 8.16. The van der Waals surface area contributed by atoms with Gasteiger partial charge in [-0.15, -0.1) is 0 Å². The maximum atomic E-state index is 12.8. The van der Waals surface area contributed by atoms with E-state index in [4.69, 9.17) is 0 Å². The van der Waals surface area contributed by atoms with Crippen molar-refractivity contribution in [3.63, 3.8) is 0 Å². The molecule has 1 aromatic heterocycles. The number of hydrogen-bond acceptors (Lipinski definition) is 1. The van der Waals surface area contributed by atoms with Crippen molar-refractivity contribution in [1.29, 1.82) is 0 Å². The van der Waals surface area contributed by atoms with Crippen LogP contribution in [0.2, 0.25) is 0 Å². The van der Waals surface area contributed by atoms with Crippen molar-refractivity contribution in [2.24, 2.45) is 0 Å². The van der Waals surface area contributed by atoms with E-state index in [-0.39, 0.29) is 17.6 Å². The predicted molar refractivity (Wildman–Crippen MR) is 92.4 cm³/mol. The molecule has 0 aliphatic carbocycles. The van der Waals surface area contributed by atoms with Crippen LogP contribution in [0.4, 0.5) is 4.79 Å². The number of hydrogen-bond donors (Lipinski definition) is 1. The van der Waals surface area contributed by atoms with Crippen LogP contribution in [-0.4, -0.2) is 27.6 Å². The molecule has 0 saturated carbocycles. The van der Waals surface area contributed by atoms with Gasteiger partial charge in [0, 0.05) is 30.5 Å². The van der Waals surface area contributed by atoms with Crippen molar-refractivity contribution >= 4 is 6.03 Å². The number of aromatic nitrogens is 1. The molecule has 23 heavy (non-hydrogen) atoms. The highest BCUT2D eigenvalue weighted by atomic mass is 16.2. The Balaban J connectivity index is 2.02. The Labute approximate surface area is 138 Å². The number of benzene rings is 1. The quantitative estimate of drug-likeness (QED) is 0.856.